The molecular weight excluding hydrogens is 340 g/mol. The molecule has 2 N–H and O–H groups in total. The third kappa shape index (κ3) is 8.08. The van der Waals surface area contributed by atoms with E-state index in [0.717, 1.165) is 30.9 Å². The van der Waals surface area contributed by atoms with Crippen LogP contribution in [0.1, 0.15) is 32.6 Å². The summed E-state index contributed by atoms with van der Waals surface area (Å²) in [6, 6.07) is 7.57. The predicted molar refractivity (Wildman–Crippen MR) is 104 cm³/mol. The van der Waals surface area contributed by atoms with Crippen molar-refractivity contribution in [1.82, 2.24) is 5.32 Å². The SMILES string of the molecule is COCCCOc1cccc(NC(=O)CC(C)C2CCCNC2)c1.Cl. The van der Waals surface area contributed by atoms with E-state index in [4.69, 9.17) is 9.47 Å². The zero-order valence-electron chi connectivity index (χ0n) is 15.3. The number of carbonyl (C=O) groups excluding carboxylic acids is 1. The Hall–Kier alpha value is -1.30. The molecule has 142 valence electrons. The van der Waals surface area contributed by atoms with Crippen molar-refractivity contribution in [2.24, 2.45) is 11.8 Å². The van der Waals surface area contributed by atoms with Gasteiger partial charge in [-0.1, -0.05) is 13.0 Å². The van der Waals surface area contributed by atoms with Crippen LogP contribution in [0.4, 0.5) is 5.69 Å². The summed E-state index contributed by atoms with van der Waals surface area (Å²) in [5, 5.41) is 6.41. The summed E-state index contributed by atoms with van der Waals surface area (Å²) in [5.74, 6) is 1.84. The molecule has 5 nitrogen and oxygen atoms in total. The summed E-state index contributed by atoms with van der Waals surface area (Å²) in [6.07, 6.45) is 3.83. The molecule has 0 aliphatic carbocycles. The zero-order chi connectivity index (χ0) is 17.2. The predicted octanol–water partition coefficient (Wildman–Crippen LogP) is 3.49. The lowest BCUT2D eigenvalue weighted by molar-refractivity contribution is -0.117. The van der Waals surface area contributed by atoms with Crippen LogP contribution in [0.3, 0.4) is 0 Å². The van der Waals surface area contributed by atoms with Gasteiger partial charge in [0.1, 0.15) is 5.75 Å². The number of rotatable bonds is 9. The molecule has 1 fully saturated rings. The van der Waals surface area contributed by atoms with Crippen molar-refractivity contribution < 1.29 is 14.3 Å². The molecule has 1 aromatic carbocycles. The fourth-order valence-corrected chi connectivity index (χ4v) is 3.09. The number of hydrogen-bond acceptors (Lipinski definition) is 4. The van der Waals surface area contributed by atoms with Crippen molar-refractivity contribution >= 4 is 24.0 Å². The van der Waals surface area contributed by atoms with Crippen molar-refractivity contribution in [2.75, 3.05) is 38.7 Å². The van der Waals surface area contributed by atoms with Crippen LogP contribution in [0.15, 0.2) is 24.3 Å². The van der Waals surface area contributed by atoms with Gasteiger partial charge >= 0.3 is 0 Å². The number of nitrogens with one attached hydrogen (secondary N) is 2. The smallest absolute Gasteiger partial charge is 0.224 e. The lowest BCUT2D eigenvalue weighted by Gasteiger charge is -2.28. The molecule has 6 heteroatoms. The number of halogens is 1. The van der Waals surface area contributed by atoms with Crippen LogP contribution in [-0.2, 0) is 9.53 Å². The maximum Gasteiger partial charge on any atom is 0.224 e. The topological polar surface area (TPSA) is 59.6 Å². The molecule has 1 aromatic rings. The highest BCUT2D eigenvalue weighted by molar-refractivity contribution is 5.91. The zero-order valence-corrected chi connectivity index (χ0v) is 16.1. The number of piperidine rings is 1. The molecule has 2 rings (SSSR count). The minimum absolute atomic E-state index is 0. The van der Waals surface area contributed by atoms with Crippen LogP contribution in [0.2, 0.25) is 0 Å². The normalized spacial score (nSPS) is 18.1. The van der Waals surface area contributed by atoms with Gasteiger partial charge in [0.05, 0.1) is 6.61 Å². The second kappa shape index (κ2) is 12.1. The Labute approximate surface area is 157 Å². The number of methoxy groups -OCH3 is 1. The molecule has 25 heavy (non-hydrogen) atoms. The molecule has 1 aliphatic heterocycles. The molecule has 1 heterocycles. The Balaban J connectivity index is 0.00000312. The van der Waals surface area contributed by atoms with Gasteiger partial charge in [-0.15, -0.1) is 12.4 Å². The van der Waals surface area contributed by atoms with Crippen LogP contribution in [0, 0.1) is 11.8 Å². The summed E-state index contributed by atoms with van der Waals surface area (Å²) in [4.78, 5) is 12.3. The van der Waals surface area contributed by atoms with Crippen LogP contribution in [0.5, 0.6) is 5.75 Å². The summed E-state index contributed by atoms with van der Waals surface area (Å²) < 4.78 is 10.7. The highest BCUT2D eigenvalue weighted by Crippen LogP contribution is 2.23. The quantitative estimate of drug-likeness (QED) is 0.653. The first-order valence-electron chi connectivity index (χ1n) is 8.91. The highest BCUT2D eigenvalue weighted by atomic mass is 35.5. The van der Waals surface area contributed by atoms with Crippen molar-refractivity contribution in [3.05, 3.63) is 24.3 Å². The number of anilines is 1. The van der Waals surface area contributed by atoms with Gasteiger partial charge in [-0.2, -0.15) is 0 Å². The Morgan fingerprint density at radius 3 is 2.96 bits per heavy atom. The fourth-order valence-electron chi connectivity index (χ4n) is 3.09. The molecule has 1 aliphatic rings. The Bertz CT molecular complexity index is 507. The lowest BCUT2D eigenvalue weighted by atomic mass is 9.85. The van der Waals surface area contributed by atoms with E-state index in [1.54, 1.807) is 7.11 Å². The Morgan fingerprint density at radius 2 is 2.24 bits per heavy atom. The van der Waals surface area contributed by atoms with Gasteiger partial charge in [0, 0.05) is 38.3 Å². The molecular formula is C19H31ClN2O3. The molecule has 0 saturated carbocycles. The minimum atomic E-state index is 0. The van der Waals surface area contributed by atoms with Crippen LogP contribution in [-0.4, -0.2) is 39.3 Å². The third-order valence-electron chi connectivity index (χ3n) is 4.53. The second-order valence-electron chi connectivity index (χ2n) is 6.56. The number of benzene rings is 1. The van der Waals surface area contributed by atoms with Crippen LogP contribution in [0.25, 0.3) is 0 Å². The molecule has 2 atom stereocenters. The molecule has 1 saturated heterocycles. The van der Waals surface area contributed by atoms with E-state index in [2.05, 4.69) is 17.6 Å². The first-order valence-corrected chi connectivity index (χ1v) is 8.91. The molecule has 0 bridgehead atoms. The van der Waals surface area contributed by atoms with Crippen molar-refractivity contribution in [1.29, 1.82) is 0 Å². The minimum Gasteiger partial charge on any atom is -0.493 e. The third-order valence-corrected chi connectivity index (χ3v) is 4.53. The molecule has 0 spiro atoms. The van der Waals surface area contributed by atoms with Crippen molar-refractivity contribution in [3.8, 4) is 5.75 Å². The molecule has 1 amide bonds. The van der Waals surface area contributed by atoms with Gasteiger partial charge in [0.25, 0.3) is 0 Å². The van der Waals surface area contributed by atoms with Gasteiger partial charge in [0.2, 0.25) is 5.91 Å². The van der Waals surface area contributed by atoms with E-state index >= 15 is 0 Å². The number of ether oxygens (including phenoxy) is 2. The highest BCUT2D eigenvalue weighted by Gasteiger charge is 2.22. The first-order chi connectivity index (χ1) is 11.7. The van der Waals surface area contributed by atoms with Crippen LogP contribution < -0.4 is 15.4 Å². The summed E-state index contributed by atoms with van der Waals surface area (Å²) in [6.45, 7) is 5.60. The molecule has 0 radical (unpaired) electrons. The number of amides is 1. The maximum absolute atomic E-state index is 12.3. The van der Waals surface area contributed by atoms with E-state index < -0.39 is 0 Å². The standard InChI is InChI=1S/C19H30N2O3.ClH/c1-15(16-6-4-9-20-14-16)12-19(22)21-17-7-3-8-18(13-17)24-11-5-10-23-2;/h3,7-8,13,15-16,20H,4-6,9-12,14H2,1-2H3,(H,21,22);1H. The van der Waals surface area contributed by atoms with E-state index in [0.29, 0.717) is 31.5 Å². The van der Waals surface area contributed by atoms with Crippen LogP contribution >= 0.6 is 12.4 Å². The van der Waals surface area contributed by atoms with Crippen molar-refractivity contribution in [2.45, 2.75) is 32.6 Å². The second-order valence-corrected chi connectivity index (χ2v) is 6.56. The van der Waals surface area contributed by atoms with E-state index in [9.17, 15) is 4.79 Å². The molecule has 0 aromatic heterocycles. The first kappa shape index (κ1) is 21.7. The van der Waals surface area contributed by atoms with Gasteiger partial charge in [-0.3, -0.25) is 4.79 Å². The van der Waals surface area contributed by atoms with Gasteiger partial charge in [0.15, 0.2) is 0 Å². The maximum atomic E-state index is 12.3. The van der Waals surface area contributed by atoms with E-state index in [-0.39, 0.29) is 18.3 Å². The average Bonchev–Trinajstić information content (AvgIpc) is 2.60. The largest absolute Gasteiger partial charge is 0.493 e. The average molecular weight is 371 g/mol. The summed E-state index contributed by atoms with van der Waals surface area (Å²) >= 11 is 0. The monoisotopic (exact) mass is 370 g/mol. The summed E-state index contributed by atoms with van der Waals surface area (Å²) in [7, 11) is 1.68. The van der Waals surface area contributed by atoms with Crippen molar-refractivity contribution in [3.63, 3.8) is 0 Å². The van der Waals surface area contributed by atoms with Gasteiger partial charge in [-0.25, -0.2) is 0 Å². The van der Waals surface area contributed by atoms with E-state index in [1.807, 2.05) is 24.3 Å². The molecule has 2 unspecified atom stereocenters. The number of hydrogen-bond donors (Lipinski definition) is 2. The van der Waals surface area contributed by atoms with Gasteiger partial charge in [-0.05, 0) is 49.9 Å². The van der Waals surface area contributed by atoms with Gasteiger partial charge < -0.3 is 20.1 Å². The number of carbonyl (C=O) groups is 1. The Morgan fingerprint density at radius 1 is 1.40 bits per heavy atom. The summed E-state index contributed by atoms with van der Waals surface area (Å²) in [5.41, 5.74) is 0.790. The lowest BCUT2D eigenvalue weighted by Crippen LogP contribution is -2.34. The Kier molecular flexibility index (Phi) is 10.5. The van der Waals surface area contributed by atoms with E-state index in [1.165, 1.54) is 12.8 Å². The fraction of sp³-hybridized carbons (Fsp3) is 0.632.